The molecule has 192 valence electrons. The summed E-state index contributed by atoms with van der Waals surface area (Å²) in [7, 11) is 1.27. The third kappa shape index (κ3) is 6.44. The summed E-state index contributed by atoms with van der Waals surface area (Å²) < 4.78 is 32.3. The number of carbonyl (C=O) groups excluding carboxylic acids is 4. The van der Waals surface area contributed by atoms with Gasteiger partial charge in [-0.15, -0.1) is 0 Å². The fraction of sp³-hybridized carbons (Fsp3) is 0.385. The minimum absolute atomic E-state index is 0.0355. The molecule has 1 heterocycles. The van der Waals surface area contributed by atoms with Crippen LogP contribution in [0.25, 0.3) is 0 Å². The number of nitrogens with zero attached hydrogens (tertiary/aromatic N) is 1. The summed E-state index contributed by atoms with van der Waals surface area (Å²) in [6.07, 6.45) is 0.520. The van der Waals surface area contributed by atoms with Crippen molar-refractivity contribution in [2.24, 2.45) is 5.92 Å². The lowest BCUT2D eigenvalue weighted by Gasteiger charge is -2.27. The van der Waals surface area contributed by atoms with Gasteiger partial charge in [-0.1, -0.05) is 26.0 Å². The number of hydrogen-bond acceptors (Lipinski definition) is 5. The molecule has 0 aromatic heterocycles. The van der Waals surface area contributed by atoms with E-state index in [1.54, 1.807) is 26.0 Å². The van der Waals surface area contributed by atoms with Crippen LogP contribution in [0.1, 0.15) is 49.0 Å². The van der Waals surface area contributed by atoms with Crippen molar-refractivity contribution in [3.05, 3.63) is 65.2 Å². The first kappa shape index (κ1) is 26.8. The monoisotopic (exact) mass is 501 g/mol. The molecule has 2 atom stereocenters. The van der Waals surface area contributed by atoms with Gasteiger partial charge in [0.15, 0.2) is 11.6 Å². The molecule has 3 rings (SSSR count). The maximum absolute atomic E-state index is 14.1. The summed E-state index contributed by atoms with van der Waals surface area (Å²) in [6.45, 7) is 3.42. The molecule has 3 amide bonds. The SMILES string of the molecule is COC(=O)c1ccc(NC(=O)C(NC(=O)C[C@@H]2CCC(=O)N2Cc2cccc(F)c2F)C(C)C)cc1. The Morgan fingerprint density at radius 3 is 2.44 bits per heavy atom. The van der Waals surface area contributed by atoms with Crippen molar-refractivity contribution in [3.63, 3.8) is 0 Å². The lowest BCUT2D eigenvalue weighted by molar-refractivity contribution is -0.131. The standard InChI is InChI=1S/C26H29F2N3O5/c1-15(2)24(25(34)29-18-9-7-16(8-10-18)26(35)36-3)30-21(32)13-19-11-12-22(33)31(19)14-17-5-4-6-20(27)23(17)28/h4-10,15,19,24H,11-14H2,1-3H3,(H,29,34)(H,30,32)/t19-,24?/m0/s1. The van der Waals surface area contributed by atoms with Gasteiger partial charge in [-0.25, -0.2) is 13.6 Å². The molecule has 0 radical (unpaired) electrons. The topological polar surface area (TPSA) is 105 Å². The van der Waals surface area contributed by atoms with Crippen molar-refractivity contribution in [3.8, 4) is 0 Å². The van der Waals surface area contributed by atoms with Crippen LogP contribution >= 0.6 is 0 Å². The number of nitrogens with one attached hydrogen (secondary N) is 2. The molecule has 0 bridgehead atoms. The molecule has 0 saturated carbocycles. The molecule has 1 saturated heterocycles. The molecule has 1 aliphatic heterocycles. The zero-order valence-corrected chi connectivity index (χ0v) is 20.3. The number of hydrogen-bond donors (Lipinski definition) is 2. The first-order valence-corrected chi connectivity index (χ1v) is 11.6. The van der Waals surface area contributed by atoms with Gasteiger partial charge in [0.1, 0.15) is 6.04 Å². The smallest absolute Gasteiger partial charge is 0.337 e. The summed E-state index contributed by atoms with van der Waals surface area (Å²) >= 11 is 0. The number of esters is 1. The van der Waals surface area contributed by atoms with E-state index in [4.69, 9.17) is 0 Å². The molecular formula is C26H29F2N3O5. The van der Waals surface area contributed by atoms with E-state index >= 15 is 0 Å². The molecule has 10 heteroatoms. The van der Waals surface area contributed by atoms with Crippen molar-refractivity contribution in [1.82, 2.24) is 10.2 Å². The average molecular weight is 502 g/mol. The van der Waals surface area contributed by atoms with Gasteiger partial charge in [-0.05, 0) is 42.7 Å². The zero-order chi connectivity index (χ0) is 26.4. The second kappa shape index (κ2) is 11.7. The summed E-state index contributed by atoms with van der Waals surface area (Å²) in [5, 5.41) is 5.44. The number of benzene rings is 2. The molecule has 8 nitrogen and oxygen atoms in total. The Kier molecular flexibility index (Phi) is 8.73. The summed E-state index contributed by atoms with van der Waals surface area (Å²) in [4.78, 5) is 51.0. The van der Waals surface area contributed by atoms with Crippen LogP contribution in [0, 0.1) is 17.6 Å². The summed E-state index contributed by atoms with van der Waals surface area (Å²) in [5.41, 5.74) is 0.809. The van der Waals surface area contributed by atoms with Gasteiger partial charge in [0.05, 0.1) is 12.7 Å². The van der Waals surface area contributed by atoms with E-state index in [1.807, 2.05) is 0 Å². The van der Waals surface area contributed by atoms with Crippen LogP contribution in [-0.4, -0.2) is 47.8 Å². The normalized spacial score (nSPS) is 16.1. The molecule has 2 aromatic carbocycles. The second-order valence-electron chi connectivity index (χ2n) is 8.98. The largest absolute Gasteiger partial charge is 0.465 e. The number of carbonyl (C=O) groups is 4. The van der Waals surface area contributed by atoms with Crippen LogP contribution in [-0.2, 0) is 25.7 Å². The van der Waals surface area contributed by atoms with E-state index in [-0.39, 0.29) is 36.8 Å². The third-order valence-corrected chi connectivity index (χ3v) is 6.08. The lowest BCUT2D eigenvalue weighted by Crippen LogP contribution is -2.48. The number of ether oxygens (including phenoxy) is 1. The van der Waals surface area contributed by atoms with Crippen LogP contribution in [0.4, 0.5) is 14.5 Å². The van der Waals surface area contributed by atoms with Gasteiger partial charge in [0.25, 0.3) is 0 Å². The van der Waals surface area contributed by atoms with E-state index < -0.39 is 41.5 Å². The van der Waals surface area contributed by atoms with Crippen molar-refractivity contribution < 1.29 is 32.7 Å². The Morgan fingerprint density at radius 2 is 1.81 bits per heavy atom. The first-order valence-electron chi connectivity index (χ1n) is 11.6. The number of rotatable bonds is 9. The number of halogens is 2. The third-order valence-electron chi connectivity index (χ3n) is 6.08. The van der Waals surface area contributed by atoms with Gasteiger partial charge in [0, 0.05) is 36.7 Å². The summed E-state index contributed by atoms with van der Waals surface area (Å²) in [6, 6.07) is 8.54. The number of likely N-dealkylation sites (tertiary alicyclic amines) is 1. The fourth-order valence-corrected chi connectivity index (χ4v) is 4.09. The quantitative estimate of drug-likeness (QED) is 0.513. The van der Waals surface area contributed by atoms with Crippen LogP contribution in [0.15, 0.2) is 42.5 Å². The van der Waals surface area contributed by atoms with E-state index in [2.05, 4.69) is 15.4 Å². The van der Waals surface area contributed by atoms with Crippen LogP contribution in [0.2, 0.25) is 0 Å². The van der Waals surface area contributed by atoms with Gasteiger partial charge in [0.2, 0.25) is 17.7 Å². The Bertz CT molecular complexity index is 1140. The van der Waals surface area contributed by atoms with Gasteiger partial charge in [-0.2, -0.15) is 0 Å². The molecule has 1 aliphatic rings. The Morgan fingerprint density at radius 1 is 1.11 bits per heavy atom. The van der Waals surface area contributed by atoms with Gasteiger partial charge >= 0.3 is 5.97 Å². The van der Waals surface area contributed by atoms with Gasteiger partial charge < -0.3 is 20.3 Å². The highest BCUT2D eigenvalue weighted by Crippen LogP contribution is 2.25. The number of methoxy groups -OCH3 is 1. The highest BCUT2D eigenvalue weighted by molar-refractivity contribution is 5.98. The minimum Gasteiger partial charge on any atom is -0.465 e. The Hall–Kier alpha value is -3.82. The average Bonchev–Trinajstić information content (AvgIpc) is 3.18. The lowest BCUT2D eigenvalue weighted by atomic mass is 10.0. The molecule has 2 N–H and O–H groups in total. The van der Waals surface area contributed by atoms with Crippen LogP contribution < -0.4 is 10.6 Å². The van der Waals surface area contributed by atoms with Crippen molar-refractivity contribution >= 4 is 29.4 Å². The van der Waals surface area contributed by atoms with E-state index in [0.29, 0.717) is 17.7 Å². The number of amides is 3. The predicted octanol–water partition coefficient (Wildman–Crippen LogP) is 3.41. The van der Waals surface area contributed by atoms with E-state index in [0.717, 1.165) is 6.07 Å². The maximum atomic E-state index is 14.1. The Labute approximate surface area is 208 Å². The molecule has 36 heavy (non-hydrogen) atoms. The highest BCUT2D eigenvalue weighted by atomic mass is 19.2. The van der Waals surface area contributed by atoms with Crippen molar-refractivity contribution in [1.29, 1.82) is 0 Å². The second-order valence-corrected chi connectivity index (χ2v) is 8.98. The maximum Gasteiger partial charge on any atom is 0.337 e. The highest BCUT2D eigenvalue weighted by Gasteiger charge is 2.34. The molecule has 1 unspecified atom stereocenters. The zero-order valence-electron chi connectivity index (χ0n) is 20.3. The fourth-order valence-electron chi connectivity index (χ4n) is 4.09. The first-order chi connectivity index (χ1) is 17.1. The van der Waals surface area contributed by atoms with Crippen LogP contribution in [0.5, 0.6) is 0 Å². The Balaban J connectivity index is 1.63. The van der Waals surface area contributed by atoms with Gasteiger partial charge in [-0.3, -0.25) is 14.4 Å². The molecule has 0 spiro atoms. The van der Waals surface area contributed by atoms with E-state index in [1.165, 1.54) is 36.3 Å². The minimum atomic E-state index is -1.02. The van der Waals surface area contributed by atoms with E-state index in [9.17, 15) is 28.0 Å². The van der Waals surface area contributed by atoms with Crippen molar-refractivity contribution in [2.75, 3.05) is 12.4 Å². The molecule has 0 aliphatic carbocycles. The molecule has 2 aromatic rings. The number of anilines is 1. The van der Waals surface area contributed by atoms with Crippen molar-refractivity contribution in [2.45, 2.75) is 51.7 Å². The predicted molar refractivity (Wildman–Crippen MR) is 128 cm³/mol. The molecular weight excluding hydrogens is 472 g/mol. The summed E-state index contributed by atoms with van der Waals surface area (Å²) in [5.74, 6) is -3.88. The van der Waals surface area contributed by atoms with Crippen LogP contribution in [0.3, 0.4) is 0 Å². The molecule has 1 fully saturated rings.